The Hall–Kier alpha value is -2.26. The van der Waals surface area contributed by atoms with Gasteiger partial charge in [0.15, 0.2) is 0 Å². The maximum atomic E-state index is 11.2. The lowest BCUT2D eigenvalue weighted by atomic mass is 10.1. The monoisotopic (exact) mass is 365 g/mol. The predicted molar refractivity (Wildman–Crippen MR) is 92.9 cm³/mol. The number of nitro groups is 1. The summed E-state index contributed by atoms with van der Waals surface area (Å²) in [5.41, 5.74) is 1.58. The van der Waals surface area contributed by atoms with Gasteiger partial charge >= 0.3 is 5.97 Å². The van der Waals surface area contributed by atoms with Gasteiger partial charge in [-0.05, 0) is 12.0 Å². The van der Waals surface area contributed by atoms with E-state index < -0.39 is 4.92 Å². The molecule has 0 radical (unpaired) electrons. The molecule has 1 aromatic carbocycles. The van der Waals surface area contributed by atoms with Crippen molar-refractivity contribution in [1.82, 2.24) is 9.97 Å². The van der Waals surface area contributed by atoms with Gasteiger partial charge in [0.1, 0.15) is 15.5 Å². The van der Waals surface area contributed by atoms with Gasteiger partial charge in [0.2, 0.25) is 0 Å². The summed E-state index contributed by atoms with van der Waals surface area (Å²) in [6.07, 6.45) is 1.03. The number of thiol groups is 1. The van der Waals surface area contributed by atoms with Crippen molar-refractivity contribution in [1.29, 1.82) is 0 Å². The Morgan fingerprint density at radius 1 is 1.42 bits per heavy atom. The van der Waals surface area contributed by atoms with E-state index >= 15 is 0 Å². The molecule has 0 saturated heterocycles. The van der Waals surface area contributed by atoms with Crippen LogP contribution in [0.4, 0.5) is 5.69 Å². The molecule has 2 rings (SSSR count). The van der Waals surface area contributed by atoms with Crippen LogP contribution in [0.3, 0.4) is 0 Å². The third kappa shape index (κ3) is 4.62. The normalized spacial score (nSPS) is 10.4. The molecular weight excluding hydrogens is 350 g/mol. The Kier molecular flexibility index (Phi) is 6.04. The zero-order chi connectivity index (χ0) is 17.7. The van der Waals surface area contributed by atoms with E-state index in [1.807, 2.05) is 0 Å². The minimum Gasteiger partial charge on any atom is -0.469 e. The van der Waals surface area contributed by atoms with Crippen LogP contribution in [-0.2, 0) is 22.4 Å². The number of hydrogen-bond donors (Lipinski definition) is 2. The van der Waals surface area contributed by atoms with Gasteiger partial charge in [-0.15, -0.1) is 12.6 Å². The summed E-state index contributed by atoms with van der Waals surface area (Å²) in [7, 11) is 1.33. The van der Waals surface area contributed by atoms with E-state index in [-0.39, 0.29) is 18.1 Å². The molecule has 0 fully saturated rings. The SMILES string of the molecule is COC(=O)CCc1c(S)nc(Cc2ccc([N+](=O)[O-])cc2)[nH]c1=S. The number of nitrogens with one attached hydrogen (secondary N) is 1. The molecule has 0 amide bonds. The van der Waals surface area contributed by atoms with Crippen molar-refractivity contribution < 1.29 is 14.5 Å². The van der Waals surface area contributed by atoms with Gasteiger partial charge in [-0.3, -0.25) is 14.9 Å². The molecule has 7 nitrogen and oxygen atoms in total. The number of methoxy groups -OCH3 is 1. The number of H-pyrrole nitrogens is 1. The standard InChI is InChI=1S/C15H15N3O4S2/c1-22-13(19)7-6-11-14(23)16-12(17-15(11)24)8-9-2-4-10(5-3-9)18(20)21/h2-5H,6-8H2,1H3,(H2,16,17,23,24). The third-order valence-electron chi connectivity index (χ3n) is 3.37. The number of hydrogen-bond acceptors (Lipinski definition) is 7. The average molecular weight is 365 g/mol. The number of aromatic nitrogens is 2. The number of aromatic amines is 1. The summed E-state index contributed by atoms with van der Waals surface area (Å²) in [5, 5.41) is 11.1. The Labute approximate surface area is 148 Å². The lowest BCUT2D eigenvalue weighted by molar-refractivity contribution is -0.384. The third-order valence-corrected chi connectivity index (χ3v) is 4.09. The van der Waals surface area contributed by atoms with E-state index in [1.165, 1.54) is 19.2 Å². The molecule has 9 heteroatoms. The highest BCUT2D eigenvalue weighted by Gasteiger charge is 2.11. The van der Waals surface area contributed by atoms with E-state index in [0.29, 0.717) is 33.9 Å². The molecule has 0 aliphatic heterocycles. The molecule has 0 atom stereocenters. The van der Waals surface area contributed by atoms with E-state index in [2.05, 4.69) is 27.3 Å². The Morgan fingerprint density at radius 3 is 2.62 bits per heavy atom. The van der Waals surface area contributed by atoms with Crippen LogP contribution in [0.2, 0.25) is 0 Å². The van der Waals surface area contributed by atoms with Crippen molar-refractivity contribution in [3.63, 3.8) is 0 Å². The number of carbonyl (C=O) groups excluding carboxylic acids is 1. The number of carbonyl (C=O) groups is 1. The van der Waals surface area contributed by atoms with Gasteiger partial charge in [-0.1, -0.05) is 24.4 Å². The minimum absolute atomic E-state index is 0.0349. The van der Waals surface area contributed by atoms with E-state index in [0.717, 1.165) is 5.56 Å². The van der Waals surface area contributed by atoms with Crippen molar-refractivity contribution in [2.45, 2.75) is 24.3 Å². The fraction of sp³-hybridized carbons (Fsp3) is 0.267. The summed E-state index contributed by atoms with van der Waals surface area (Å²) in [5.74, 6) is 0.271. The van der Waals surface area contributed by atoms with Crippen LogP contribution in [0, 0.1) is 14.8 Å². The average Bonchev–Trinajstić information content (AvgIpc) is 2.54. The predicted octanol–water partition coefficient (Wildman–Crippen LogP) is 3.03. The molecule has 0 aliphatic carbocycles. The van der Waals surface area contributed by atoms with Gasteiger partial charge in [0, 0.05) is 30.5 Å². The van der Waals surface area contributed by atoms with Crippen LogP contribution in [0.15, 0.2) is 29.3 Å². The molecule has 1 N–H and O–H groups in total. The molecular formula is C15H15N3O4S2. The van der Waals surface area contributed by atoms with Crippen LogP contribution >= 0.6 is 24.8 Å². The number of esters is 1. The fourth-order valence-corrected chi connectivity index (χ4v) is 2.83. The Bertz CT molecular complexity index is 818. The van der Waals surface area contributed by atoms with E-state index in [1.54, 1.807) is 12.1 Å². The second-order valence-electron chi connectivity index (χ2n) is 4.99. The van der Waals surface area contributed by atoms with Crippen molar-refractivity contribution in [3.8, 4) is 0 Å². The van der Waals surface area contributed by atoms with Crippen LogP contribution in [0.25, 0.3) is 0 Å². The molecule has 0 aliphatic rings. The number of nitrogens with zero attached hydrogens (tertiary/aromatic N) is 2. The topological polar surface area (TPSA) is 98.1 Å². The number of non-ortho nitro benzene ring substituents is 1. The maximum Gasteiger partial charge on any atom is 0.305 e. The zero-order valence-corrected chi connectivity index (χ0v) is 14.5. The first kappa shape index (κ1) is 18.1. The molecule has 0 saturated carbocycles. The van der Waals surface area contributed by atoms with Crippen molar-refractivity contribution in [2.75, 3.05) is 7.11 Å². The lowest BCUT2D eigenvalue weighted by Crippen LogP contribution is -2.06. The fourth-order valence-electron chi connectivity index (χ4n) is 2.10. The lowest BCUT2D eigenvalue weighted by Gasteiger charge is -2.08. The molecule has 2 aromatic rings. The largest absolute Gasteiger partial charge is 0.469 e. The van der Waals surface area contributed by atoms with Crippen LogP contribution < -0.4 is 0 Å². The Morgan fingerprint density at radius 2 is 2.08 bits per heavy atom. The van der Waals surface area contributed by atoms with Crippen LogP contribution in [-0.4, -0.2) is 28.0 Å². The van der Waals surface area contributed by atoms with Gasteiger partial charge in [-0.25, -0.2) is 4.98 Å². The number of nitro benzene ring substituents is 1. The van der Waals surface area contributed by atoms with Crippen LogP contribution in [0.1, 0.15) is 23.4 Å². The summed E-state index contributed by atoms with van der Waals surface area (Å²) < 4.78 is 5.07. The van der Waals surface area contributed by atoms with Crippen LogP contribution in [0.5, 0.6) is 0 Å². The molecule has 126 valence electrons. The second-order valence-corrected chi connectivity index (χ2v) is 5.82. The second kappa shape index (κ2) is 8.02. The summed E-state index contributed by atoms with van der Waals surface area (Å²) in [6, 6.07) is 6.21. The molecule has 24 heavy (non-hydrogen) atoms. The molecule has 0 unspecified atom stereocenters. The molecule has 0 spiro atoms. The van der Waals surface area contributed by atoms with Crippen molar-refractivity contribution >= 4 is 36.5 Å². The summed E-state index contributed by atoms with van der Waals surface area (Å²) >= 11 is 9.64. The smallest absolute Gasteiger partial charge is 0.305 e. The Balaban J connectivity index is 2.16. The first-order valence-electron chi connectivity index (χ1n) is 7.02. The highest BCUT2D eigenvalue weighted by Crippen LogP contribution is 2.18. The molecule has 1 aromatic heterocycles. The van der Waals surface area contributed by atoms with Gasteiger partial charge in [-0.2, -0.15) is 0 Å². The van der Waals surface area contributed by atoms with E-state index in [9.17, 15) is 14.9 Å². The number of benzene rings is 1. The van der Waals surface area contributed by atoms with Gasteiger partial charge in [0.05, 0.1) is 12.0 Å². The highest BCUT2D eigenvalue weighted by molar-refractivity contribution is 7.80. The quantitative estimate of drug-likeness (QED) is 0.204. The number of rotatable bonds is 6. The summed E-state index contributed by atoms with van der Waals surface area (Å²) in [6.45, 7) is 0. The first-order valence-corrected chi connectivity index (χ1v) is 7.87. The molecule has 1 heterocycles. The van der Waals surface area contributed by atoms with Crippen molar-refractivity contribution in [2.24, 2.45) is 0 Å². The minimum atomic E-state index is -0.447. The highest BCUT2D eigenvalue weighted by atomic mass is 32.1. The van der Waals surface area contributed by atoms with E-state index in [4.69, 9.17) is 12.2 Å². The maximum absolute atomic E-state index is 11.2. The molecule has 0 bridgehead atoms. The zero-order valence-electron chi connectivity index (χ0n) is 12.8. The van der Waals surface area contributed by atoms with Gasteiger partial charge in [0.25, 0.3) is 5.69 Å². The summed E-state index contributed by atoms with van der Waals surface area (Å²) in [4.78, 5) is 28.8. The number of ether oxygens (including phenoxy) is 1. The van der Waals surface area contributed by atoms with Gasteiger partial charge < -0.3 is 9.72 Å². The first-order chi connectivity index (χ1) is 11.4. The van der Waals surface area contributed by atoms with Crippen molar-refractivity contribution in [3.05, 3.63) is 56.0 Å².